The Morgan fingerprint density at radius 2 is 1.77 bits per heavy atom. The molecule has 3 aromatic rings. The van der Waals surface area contributed by atoms with Gasteiger partial charge >= 0.3 is 0 Å². The van der Waals surface area contributed by atoms with Gasteiger partial charge in [-0.05, 0) is 54.6 Å². The molecule has 0 atom stereocenters. The first-order chi connectivity index (χ1) is 14.4. The van der Waals surface area contributed by atoms with Crippen LogP contribution in [0.3, 0.4) is 0 Å². The van der Waals surface area contributed by atoms with E-state index in [1.54, 1.807) is 48.5 Å². The number of ether oxygens (including phenoxy) is 1. The van der Waals surface area contributed by atoms with Crippen LogP contribution in [-0.4, -0.2) is 27.2 Å². The molecule has 0 aromatic heterocycles. The van der Waals surface area contributed by atoms with Crippen molar-refractivity contribution in [3.8, 4) is 5.75 Å². The summed E-state index contributed by atoms with van der Waals surface area (Å²) >= 11 is 7.21. The Kier molecular flexibility index (Phi) is 7.25. The number of carbonyl (C=O) groups excluding carboxylic acids is 1. The van der Waals surface area contributed by atoms with E-state index >= 15 is 0 Å². The van der Waals surface area contributed by atoms with Crippen LogP contribution in [0, 0.1) is 0 Å². The topological polar surface area (TPSA) is 84.5 Å². The zero-order valence-corrected chi connectivity index (χ0v) is 18.4. The van der Waals surface area contributed by atoms with Gasteiger partial charge in [-0.3, -0.25) is 9.52 Å². The molecule has 1 amide bonds. The fourth-order valence-electron chi connectivity index (χ4n) is 2.55. The highest BCUT2D eigenvalue weighted by molar-refractivity contribution is 8.00. The van der Waals surface area contributed by atoms with Crippen molar-refractivity contribution in [2.45, 2.75) is 9.79 Å². The van der Waals surface area contributed by atoms with E-state index in [2.05, 4.69) is 10.0 Å². The van der Waals surface area contributed by atoms with Crippen molar-refractivity contribution < 1.29 is 17.9 Å². The van der Waals surface area contributed by atoms with Gasteiger partial charge in [-0.25, -0.2) is 8.42 Å². The summed E-state index contributed by atoms with van der Waals surface area (Å²) in [5, 5.41) is 3.35. The van der Waals surface area contributed by atoms with Crippen LogP contribution in [0.2, 0.25) is 5.02 Å². The van der Waals surface area contributed by atoms with E-state index in [1.807, 2.05) is 12.1 Å². The molecule has 0 aliphatic heterocycles. The quantitative estimate of drug-likeness (QED) is 0.466. The van der Waals surface area contributed by atoms with Gasteiger partial charge in [0.05, 0.1) is 23.4 Å². The van der Waals surface area contributed by atoms with Gasteiger partial charge in [0.2, 0.25) is 5.91 Å². The summed E-state index contributed by atoms with van der Waals surface area (Å²) in [5.41, 5.74) is 0.716. The summed E-state index contributed by atoms with van der Waals surface area (Å²) in [6.07, 6.45) is 0. The first-order valence-corrected chi connectivity index (χ1v) is 11.7. The second kappa shape index (κ2) is 9.88. The van der Waals surface area contributed by atoms with Crippen LogP contribution in [0.15, 0.2) is 82.6 Å². The maximum atomic E-state index is 12.8. The van der Waals surface area contributed by atoms with Crippen LogP contribution in [-0.2, 0) is 14.8 Å². The molecule has 6 nitrogen and oxygen atoms in total. The lowest BCUT2D eigenvalue weighted by Gasteiger charge is -2.12. The van der Waals surface area contributed by atoms with Crippen molar-refractivity contribution in [3.63, 3.8) is 0 Å². The monoisotopic (exact) mass is 462 g/mol. The Bertz CT molecular complexity index is 1140. The van der Waals surface area contributed by atoms with Crippen molar-refractivity contribution in [1.29, 1.82) is 0 Å². The lowest BCUT2D eigenvalue weighted by molar-refractivity contribution is -0.113. The minimum Gasteiger partial charge on any atom is -0.495 e. The summed E-state index contributed by atoms with van der Waals surface area (Å²) in [5.74, 6) is 0.338. The van der Waals surface area contributed by atoms with Gasteiger partial charge in [-0.1, -0.05) is 29.8 Å². The van der Waals surface area contributed by atoms with Crippen molar-refractivity contribution in [2.75, 3.05) is 22.9 Å². The van der Waals surface area contributed by atoms with Crippen LogP contribution in [0.1, 0.15) is 0 Å². The van der Waals surface area contributed by atoms with E-state index in [-0.39, 0.29) is 16.6 Å². The average Bonchev–Trinajstić information content (AvgIpc) is 2.74. The number of methoxy groups -OCH3 is 1. The highest BCUT2D eigenvalue weighted by Crippen LogP contribution is 2.27. The van der Waals surface area contributed by atoms with Crippen molar-refractivity contribution in [1.82, 2.24) is 0 Å². The van der Waals surface area contributed by atoms with E-state index < -0.39 is 10.0 Å². The lowest BCUT2D eigenvalue weighted by Crippen LogP contribution is -2.16. The number of amides is 1. The Morgan fingerprint density at radius 1 is 1.03 bits per heavy atom. The molecule has 0 unspecified atom stereocenters. The summed E-state index contributed by atoms with van der Waals surface area (Å²) in [4.78, 5) is 13.2. The Morgan fingerprint density at radius 3 is 2.50 bits per heavy atom. The maximum Gasteiger partial charge on any atom is 0.262 e. The first-order valence-electron chi connectivity index (χ1n) is 8.81. The van der Waals surface area contributed by atoms with Crippen molar-refractivity contribution in [2.24, 2.45) is 0 Å². The summed E-state index contributed by atoms with van der Waals surface area (Å²) in [6, 6.07) is 19.9. The van der Waals surface area contributed by atoms with Gasteiger partial charge in [0, 0.05) is 15.6 Å². The fourth-order valence-corrected chi connectivity index (χ4v) is 4.49. The second-order valence-corrected chi connectivity index (χ2v) is 9.29. The molecule has 0 heterocycles. The van der Waals surface area contributed by atoms with Crippen LogP contribution < -0.4 is 14.8 Å². The molecule has 9 heteroatoms. The normalized spacial score (nSPS) is 11.0. The minimum absolute atomic E-state index is 0.0246. The largest absolute Gasteiger partial charge is 0.495 e. The number of rotatable bonds is 8. The molecule has 0 saturated carbocycles. The number of halogens is 1. The van der Waals surface area contributed by atoms with Crippen molar-refractivity contribution >= 4 is 50.7 Å². The molecule has 156 valence electrons. The molecule has 0 radical (unpaired) electrons. The molecular formula is C21H19ClN2O4S2. The third-order valence-electron chi connectivity index (χ3n) is 3.96. The smallest absolute Gasteiger partial charge is 0.262 e. The number of benzene rings is 3. The van der Waals surface area contributed by atoms with E-state index in [0.717, 1.165) is 4.90 Å². The lowest BCUT2D eigenvalue weighted by atomic mass is 10.3. The molecule has 0 fully saturated rings. The molecule has 0 spiro atoms. The summed E-state index contributed by atoms with van der Waals surface area (Å²) < 4.78 is 33.2. The number of hydrogen-bond donors (Lipinski definition) is 2. The van der Waals surface area contributed by atoms with Gasteiger partial charge in [0.25, 0.3) is 10.0 Å². The number of anilines is 2. The van der Waals surface area contributed by atoms with E-state index in [9.17, 15) is 13.2 Å². The standard InChI is InChI=1S/C21H19ClN2O4S2/c1-28-20-8-3-2-7-19(20)24-30(26,27)18-6-4-5-16(13-18)23-21(25)14-29-17-11-9-15(22)10-12-17/h2-13,24H,14H2,1H3,(H,23,25). The average molecular weight is 463 g/mol. The molecule has 30 heavy (non-hydrogen) atoms. The van der Waals surface area contributed by atoms with Gasteiger partial charge in [-0.2, -0.15) is 0 Å². The van der Waals surface area contributed by atoms with Gasteiger partial charge in [-0.15, -0.1) is 11.8 Å². The third-order valence-corrected chi connectivity index (χ3v) is 6.59. The Balaban J connectivity index is 1.67. The molecular weight excluding hydrogens is 444 g/mol. The van der Waals surface area contributed by atoms with E-state index in [1.165, 1.54) is 31.0 Å². The zero-order valence-electron chi connectivity index (χ0n) is 16.0. The minimum atomic E-state index is -3.86. The molecule has 3 rings (SSSR count). The van der Waals surface area contributed by atoms with E-state index in [0.29, 0.717) is 22.1 Å². The summed E-state index contributed by atoms with van der Waals surface area (Å²) in [7, 11) is -2.40. The van der Waals surface area contributed by atoms with Gasteiger partial charge in [0.15, 0.2) is 0 Å². The maximum absolute atomic E-state index is 12.8. The highest BCUT2D eigenvalue weighted by Gasteiger charge is 2.17. The number of thioether (sulfide) groups is 1. The zero-order chi connectivity index (χ0) is 21.6. The molecule has 0 saturated heterocycles. The summed E-state index contributed by atoms with van der Waals surface area (Å²) in [6.45, 7) is 0. The Labute approximate surface area is 184 Å². The number of para-hydroxylation sites is 2. The van der Waals surface area contributed by atoms with Gasteiger partial charge in [0.1, 0.15) is 5.75 Å². The number of nitrogens with one attached hydrogen (secondary N) is 2. The third kappa shape index (κ3) is 5.91. The first kappa shape index (κ1) is 22.0. The van der Waals surface area contributed by atoms with E-state index in [4.69, 9.17) is 16.3 Å². The number of sulfonamides is 1. The predicted octanol–water partition coefficient (Wildman–Crippen LogP) is 4.88. The highest BCUT2D eigenvalue weighted by atomic mass is 35.5. The van der Waals surface area contributed by atoms with Crippen LogP contribution in [0.4, 0.5) is 11.4 Å². The van der Waals surface area contributed by atoms with Crippen LogP contribution in [0.25, 0.3) is 0 Å². The van der Waals surface area contributed by atoms with Gasteiger partial charge < -0.3 is 10.1 Å². The molecule has 0 bridgehead atoms. The SMILES string of the molecule is COc1ccccc1NS(=O)(=O)c1cccc(NC(=O)CSc2ccc(Cl)cc2)c1. The second-order valence-electron chi connectivity index (χ2n) is 6.12. The number of hydrogen-bond acceptors (Lipinski definition) is 5. The fraction of sp³-hybridized carbons (Fsp3) is 0.0952. The predicted molar refractivity (Wildman–Crippen MR) is 121 cm³/mol. The number of carbonyl (C=O) groups is 1. The van der Waals surface area contributed by atoms with Crippen molar-refractivity contribution in [3.05, 3.63) is 77.8 Å². The van der Waals surface area contributed by atoms with Crippen LogP contribution in [0.5, 0.6) is 5.75 Å². The Hall–Kier alpha value is -2.68. The molecule has 3 aromatic carbocycles. The molecule has 2 N–H and O–H groups in total. The molecule has 0 aliphatic carbocycles. The molecule has 0 aliphatic rings. The van der Waals surface area contributed by atoms with Crippen LogP contribution >= 0.6 is 23.4 Å².